The maximum Gasteiger partial charge on any atom is 0.235 e. The Kier molecular flexibility index (Phi) is 3.10. The molecule has 3 N–H and O–H groups in total. The third kappa shape index (κ3) is 2.33. The first-order valence-corrected chi connectivity index (χ1v) is 6.49. The Labute approximate surface area is 120 Å². The van der Waals surface area contributed by atoms with Crippen LogP contribution in [0.1, 0.15) is 23.0 Å². The molecular formula is C16H13NO4. The number of imide groups is 1. The fraction of sp³-hybridized carbons (Fsp3) is 0.125. The largest absolute Gasteiger partial charge is 0.508 e. The van der Waals surface area contributed by atoms with Gasteiger partial charge in [-0.2, -0.15) is 0 Å². The Bertz CT molecular complexity index is 630. The molecule has 21 heavy (non-hydrogen) atoms. The first-order chi connectivity index (χ1) is 10.1. The molecule has 1 saturated heterocycles. The summed E-state index contributed by atoms with van der Waals surface area (Å²) in [5.41, 5.74) is 1.32. The number of carbonyl (C=O) groups is 2. The summed E-state index contributed by atoms with van der Waals surface area (Å²) in [7, 11) is 0. The average Bonchev–Trinajstić information content (AvgIpc) is 2.75. The zero-order chi connectivity index (χ0) is 15.0. The SMILES string of the molecule is O=C1NC(=O)[C@@H](c2ccc(O)cc2)[C@@H]1c1ccc(O)cc1. The minimum absolute atomic E-state index is 0.102. The molecule has 0 radical (unpaired) electrons. The number of nitrogens with one attached hydrogen (secondary N) is 1. The molecule has 1 aliphatic rings. The van der Waals surface area contributed by atoms with E-state index in [1.807, 2.05) is 0 Å². The van der Waals surface area contributed by atoms with Gasteiger partial charge in [0, 0.05) is 0 Å². The highest BCUT2D eigenvalue weighted by atomic mass is 16.3. The van der Waals surface area contributed by atoms with E-state index in [2.05, 4.69) is 5.32 Å². The number of benzene rings is 2. The predicted octanol–water partition coefficient (Wildman–Crippen LogP) is 1.62. The van der Waals surface area contributed by atoms with E-state index in [0.29, 0.717) is 11.1 Å². The third-order valence-corrected chi connectivity index (χ3v) is 3.65. The maximum absolute atomic E-state index is 12.1. The van der Waals surface area contributed by atoms with Crippen LogP contribution in [0.2, 0.25) is 0 Å². The second kappa shape index (κ2) is 4.94. The summed E-state index contributed by atoms with van der Waals surface area (Å²) in [6.45, 7) is 0. The molecule has 2 aromatic carbocycles. The number of carbonyl (C=O) groups excluding carboxylic acids is 2. The molecule has 5 heteroatoms. The van der Waals surface area contributed by atoms with Crippen LogP contribution in [0.25, 0.3) is 0 Å². The lowest BCUT2D eigenvalue weighted by Crippen LogP contribution is -2.21. The molecule has 0 saturated carbocycles. The molecule has 1 aliphatic heterocycles. The zero-order valence-electron chi connectivity index (χ0n) is 11.0. The Morgan fingerprint density at radius 2 is 1.00 bits per heavy atom. The van der Waals surface area contributed by atoms with E-state index < -0.39 is 11.8 Å². The first-order valence-electron chi connectivity index (χ1n) is 6.49. The summed E-state index contributed by atoms with van der Waals surface area (Å²) in [6.07, 6.45) is 0. The van der Waals surface area contributed by atoms with E-state index >= 15 is 0 Å². The quantitative estimate of drug-likeness (QED) is 0.731. The number of rotatable bonds is 2. The van der Waals surface area contributed by atoms with Gasteiger partial charge in [0.2, 0.25) is 11.8 Å². The van der Waals surface area contributed by atoms with Crippen LogP contribution < -0.4 is 5.32 Å². The Morgan fingerprint density at radius 3 is 1.33 bits per heavy atom. The molecule has 2 aromatic rings. The standard InChI is InChI=1S/C16H13NO4/c18-11-5-1-9(2-6-11)13-14(16(21)17-15(13)20)10-3-7-12(19)8-4-10/h1-8,13-14,18-19H,(H,17,20,21)/t13-,14-/m0/s1. The number of phenols is 2. The lowest BCUT2D eigenvalue weighted by molar-refractivity contribution is -0.125. The molecule has 3 rings (SSSR count). The van der Waals surface area contributed by atoms with Gasteiger partial charge in [0.15, 0.2) is 0 Å². The first kappa shape index (κ1) is 13.2. The van der Waals surface area contributed by atoms with Crippen LogP contribution in [0.4, 0.5) is 0 Å². The Morgan fingerprint density at radius 1 is 0.667 bits per heavy atom. The minimum Gasteiger partial charge on any atom is -0.508 e. The second-order valence-electron chi connectivity index (χ2n) is 4.99. The highest BCUT2D eigenvalue weighted by Gasteiger charge is 2.43. The van der Waals surface area contributed by atoms with Crippen LogP contribution in [-0.4, -0.2) is 22.0 Å². The smallest absolute Gasteiger partial charge is 0.235 e. The summed E-state index contributed by atoms with van der Waals surface area (Å²) < 4.78 is 0. The number of phenolic OH excluding ortho intramolecular Hbond substituents is 2. The summed E-state index contributed by atoms with van der Waals surface area (Å²) >= 11 is 0. The Hall–Kier alpha value is -2.82. The van der Waals surface area contributed by atoms with Gasteiger partial charge in [-0.25, -0.2) is 0 Å². The summed E-state index contributed by atoms with van der Waals surface area (Å²) in [5, 5.41) is 21.0. The topological polar surface area (TPSA) is 86.6 Å². The number of hydrogen-bond donors (Lipinski definition) is 3. The van der Waals surface area contributed by atoms with Crippen LogP contribution in [0.3, 0.4) is 0 Å². The molecule has 0 aliphatic carbocycles. The molecular weight excluding hydrogens is 270 g/mol. The molecule has 106 valence electrons. The molecule has 0 bridgehead atoms. The van der Waals surface area contributed by atoms with Gasteiger partial charge in [-0.1, -0.05) is 24.3 Å². The van der Waals surface area contributed by atoms with Gasteiger partial charge in [-0.05, 0) is 35.4 Å². The highest BCUT2D eigenvalue weighted by molar-refractivity contribution is 6.10. The number of aromatic hydroxyl groups is 2. The predicted molar refractivity (Wildman–Crippen MR) is 74.8 cm³/mol. The van der Waals surface area contributed by atoms with Crippen molar-refractivity contribution in [2.24, 2.45) is 0 Å². The van der Waals surface area contributed by atoms with Crippen molar-refractivity contribution < 1.29 is 19.8 Å². The van der Waals surface area contributed by atoms with Crippen molar-refractivity contribution in [2.45, 2.75) is 11.8 Å². The highest BCUT2D eigenvalue weighted by Crippen LogP contribution is 2.38. The lowest BCUT2D eigenvalue weighted by Gasteiger charge is -2.16. The average molecular weight is 283 g/mol. The van der Waals surface area contributed by atoms with Gasteiger partial charge in [0.1, 0.15) is 11.5 Å². The molecule has 1 fully saturated rings. The summed E-state index contributed by atoms with van der Waals surface area (Å²) in [4.78, 5) is 24.2. The lowest BCUT2D eigenvalue weighted by atomic mass is 9.83. The van der Waals surface area contributed by atoms with Crippen molar-refractivity contribution in [1.29, 1.82) is 0 Å². The van der Waals surface area contributed by atoms with E-state index in [0.717, 1.165) is 0 Å². The van der Waals surface area contributed by atoms with Gasteiger partial charge in [-0.15, -0.1) is 0 Å². The van der Waals surface area contributed by atoms with Crippen LogP contribution in [0.15, 0.2) is 48.5 Å². The number of amides is 2. The molecule has 0 aromatic heterocycles. The molecule has 0 unspecified atom stereocenters. The molecule has 2 atom stereocenters. The fourth-order valence-electron chi connectivity index (χ4n) is 2.63. The van der Waals surface area contributed by atoms with Crippen molar-refractivity contribution in [1.82, 2.24) is 5.32 Å². The van der Waals surface area contributed by atoms with Crippen LogP contribution in [0, 0.1) is 0 Å². The molecule has 0 spiro atoms. The van der Waals surface area contributed by atoms with Gasteiger partial charge in [-0.3, -0.25) is 14.9 Å². The maximum atomic E-state index is 12.1. The Balaban J connectivity index is 2.03. The van der Waals surface area contributed by atoms with Crippen LogP contribution in [-0.2, 0) is 9.59 Å². The van der Waals surface area contributed by atoms with E-state index in [9.17, 15) is 19.8 Å². The van der Waals surface area contributed by atoms with Gasteiger partial charge in [0.05, 0.1) is 11.8 Å². The summed E-state index contributed by atoms with van der Waals surface area (Å²) in [5.74, 6) is -1.79. The van der Waals surface area contributed by atoms with Gasteiger partial charge >= 0.3 is 0 Å². The van der Waals surface area contributed by atoms with E-state index in [4.69, 9.17) is 0 Å². The van der Waals surface area contributed by atoms with Crippen molar-refractivity contribution in [3.05, 3.63) is 59.7 Å². The summed E-state index contributed by atoms with van der Waals surface area (Å²) in [6, 6.07) is 12.5. The van der Waals surface area contributed by atoms with Crippen molar-refractivity contribution in [3.63, 3.8) is 0 Å². The normalized spacial score (nSPS) is 21.3. The van der Waals surface area contributed by atoms with E-state index in [1.54, 1.807) is 24.3 Å². The number of hydrogen-bond acceptors (Lipinski definition) is 4. The molecule has 2 amide bonds. The van der Waals surface area contributed by atoms with Crippen molar-refractivity contribution in [2.75, 3.05) is 0 Å². The van der Waals surface area contributed by atoms with E-state index in [-0.39, 0.29) is 23.3 Å². The molecule has 5 nitrogen and oxygen atoms in total. The third-order valence-electron chi connectivity index (χ3n) is 3.65. The van der Waals surface area contributed by atoms with Crippen molar-refractivity contribution >= 4 is 11.8 Å². The van der Waals surface area contributed by atoms with Crippen LogP contribution >= 0.6 is 0 Å². The second-order valence-corrected chi connectivity index (χ2v) is 4.99. The van der Waals surface area contributed by atoms with E-state index in [1.165, 1.54) is 24.3 Å². The monoisotopic (exact) mass is 283 g/mol. The zero-order valence-corrected chi connectivity index (χ0v) is 11.0. The van der Waals surface area contributed by atoms with Gasteiger partial charge in [0.25, 0.3) is 0 Å². The molecule has 1 heterocycles. The van der Waals surface area contributed by atoms with Crippen molar-refractivity contribution in [3.8, 4) is 11.5 Å². The van der Waals surface area contributed by atoms with Crippen LogP contribution in [0.5, 0.6) is 11.5 Å². The van der Waals surface area contributed by atoms with Gasteiger partial charge < -0.3 is 10.2 Å². The minimum atomic E-state index is -0.636. The fourth-order valence-corrected chi connectivity index (χ4v) is 2.63.